The minimum absolute atomic E-state index is 0.305. The summed E-state index contributed by atoms with van der Waals surface area (Å²) >= 11 is 6.14. The number of amides is 1. The lowest BCUT2D eigenvalue weighted by atomic mass is 9.99. The summed E-state index contributed by atoms with van der Waals surface area (Å²) in [5.41, 5.74) is 1.91. The van der Waals surface area contributed by atoms with Crippen molar-refractivity contribution in [1.29, 1.82) is 0 Å². The van der Waals surface area contributed by atoms with Crippen LogP contribution in [0.3, 0.4) is 0 Å². The summed E-state index contributed by atoms with van der Waals surface area (Å²) < 4.78 is 15.9. The van der Waals surface area contributed by atoms with Gasteiger partial charge in [-0.3, -0.25) is 4.79 Å². The van der Waals surface area contributed by atoms with E-state index in [9.17, 15) is 9.90 Å². The predicted octanol–water partition coefficient (Wildman–Crippen LogP) is 4.70. The Balaban J connectivity index is 1.96. The van der Waals surface area contributed by atoms with Gasteiger partial charge in [0.15, 0.2) is 11.5 Å². The van der Waals surface area contributed by atoms with Crippen molar-refractivity contribution in [2.45, 2.75) is 6.10 Å². The number of hydrogen-bond donors (Lipinski definition) is 2. The van der Waals surface area contributed by atoms with E-state index >= 15 is 0 Å². The first-order valence-corrected chi connectivity index (χ1v) is 9.50. The lowest BCUT2D eigenvalue weighted by Gasteiger charge is -2.18. The summed E-state index contributed by atoms with van der Waals surface area (Å²) in [4.78, 5) is 13.0. The molecular weight excluding hydrogens is 406 g/mol. The number of aliphatic hydroxyl groups is 1. The van der Waals surface area contributed by atoms with Crippen LogP contribution in [0.15, 0.2) is 60.7 Å². The van der Waals surface area contributed by atoms with Gasteiger partial charge in [0.25, 0.3) is 5.91 Å². The maximum absolute atomic E-state index is 13.0. The van der Waals surface area contributed by atoms with Crippen molar-refractivity contribution < 1.29 is 24.1 Å². The van der Waals surface area contributed by atoms with E-state index in [-0.39, 0.29) is 0 Å². The summed E-state index contributed by atoms with van der Waals surface area (Å²) in [6, 6.07) is 17.2. The lowest BCUT2D eigenvalue weighted by Crippen LogP contribution is -2.15. The van der Waals surface area contributed by atoms with E-state index in [1.54, 1.807) is 42.5 Å². The van der Waals surface area contributed by atoms with Crippen molar-refractivity contribution in [1.82, 2.24) is 0 Å². The number of carbonyl (C=O) groups is 1. The largest absolute Gasteiger partial charge is 0.493 e. The Morgan fingerprint density at radius 1 is 0.933 bits per heavy atom. The molecule has 0 aliphatic rings. The van der Waals surface area contributed by atoms with E-state index in [1.165, 1.54) is 21.3 Å². The summed E-state index contributed by atoms with van der Waals surface area (Å²) in [6.45, 7) is 0. The highest BCUT2D eigenvalue weighted by molar-refractivity contribution is 6.30. The molecule has 0 aromatic heterocycles. The number of rotatable bonds is 7. The van der Waals surface area contributed by atoms with E-state index in [0.717, 1.165) is 0 Å². The fourth-order valence-corrected chi connectivity index (χ4v) is 3.28. The zero-order chi connectivity index (χ0) is 21.7. The van der Waals surface area contributed by atoms with Gasteiger partial charge < -0.3 is 24.6 Å². The lowest BCUT2D eigenvalue weighted by molar-refractivity contribution is 0.102. The number of ether oxygens (including phenoxy) is 3. The van der Waals surface area contributed by atoms with Gasteiger partial charge >= 0.3 is 0 Å². The second-order valence-electron chi connectivity index (χ2n) is 6.41. The summed E-state index contributed by atoms with van der Waals surface area (Å²) in [5.74, 6) is 0.714. The van der Waals surface area contributed by atoms with Crippen LogP contribution in [0.4, 0.5) is 5.69 Å². The molecule has 3 rings (SSSR count). The minimum Gasteiger partial charge on any atom is -0.493 e. The number of methoxy groups -OCH3 is 3. The predicted molar refractivity (Wildman–Crippen MR) is 116 cm³/mol. The van der Waals surface area contributed by atoms with Crippen molar-refractivity contribution in [2.75, 3.05) is 26.6 Å². The van der Waals surface area contributed by atoms with Gasteiger partial charge in [0.1, 0.15) is 6.10 Å². The molecule has 0 radical (unpaired) electrons. The van der Waals surface area contributed by atoms with Gasteiger partial charge in [-0.05, 0) is 35.9 Å². The highest BCUT2D eigenvalue weighted by Crippen LogP contribution is 2.38. The number of carbonyl (C=O) groups excluding carboxylic acids is 1. The molecule has 0 unspecified atom stereocenters. The van der Waals surface area contributed by atoms with Crippen molar-refractivity contribution in [2.24, 2.45) is 0 Å². The van der Waals surface area contributed by atoms with Crippen LogP contribution in [-0.2, 0) is 0 Å². The van der Waals surface area contributed by atoms with Crippen molar-refractivity contribution in [3.8, 4) is 17.2 Å². The van der Waals surface area contributed by atoms with Crippen molar-refractivity contribution in [3.05, 3.63) is 82.4 Å². The molecule has 30 heavy (non-hydrogen) atoms. The maximum Gasteiger partial charge on any atom is 0.255 e. The van der Waals surface area contributed by atoms with Gasteiger partial charge in [0.2, 0.25) is 5.75 Å². The quantitative estimate of drug-likeness (QED) is 0.571. The molecule has 0 spiro atoms. The highest BCUT2D eigenvalue weighted by Gasteiger charge is 2.20. The fourth-order valence-electron chi connectivity index (χ4n) is 3.10. The highest BCUT2D eigenvalue weighted by atomic mass is 35.5. The molecule has 0 saturated heterocycles. The third-order valence-corrected chi connectivity index (χ3v) is 4.83. The number of hydrogen-bond acceptors (Lipinski definition) is 5. The van der Waals surface area contributed by atoms with Gasteiger partial charge in [-0.2, -0.15) is 0 Å². The zero-order valence-electron chi connectivity index (χ0n) is 16.8. The van der Waals surface area contributed by atoms with Gasteiger partial charge in [0.05, 0.1) is 21.3 Å². The number of benzene rings is 3. The number of nitrogens with one attached hydrogen (secondary N) is 1. The van der Waals surface area contributed by atoms with Crippen molar-refractivity contribution in [3.63, 3.8) is 0 Å². The summed E-state index contributed by atoms with van der Waals surface area (Å²) in [6.07, 6.45) is -0.958. The Hall–Kier alpha value is -3.22. The first-order chi connectivity index (χ1) is 14.5. The molecule has 6 nitrogen and oxygen atoms in total. The second-order valence-corrected chi connectivity index (χ2v) is 6.85. The van der Waals surface area contributed by atoms with Gasteiger partial charge in [0, 0.05) is 21.8 Å². The molecule has 0 bridgehead atoms. The van der Waals surface area contributed by atoms with E-state index in [1.807, 2.05) is 18.2 Å². The van der Waals surface area contributed by atoms with Crippen LogP contribution in [0.25, 0.3) is 0 Å². The van der Waals surface area contributed by atoms with Crippen LogP contribution in [0.5, 0.6) is 17.2 Å². The number of halogens is 1. The molecule has 3 aromatic carbocycles. The maximum atomic E-state index is 13.0. The minimum atomic E-state index is -0.958. The van der Waals surface area contributed by atoms with Crippen LogP contribution in [0, 0.1) is 0 Å². The third kappa shape index (κ3) is 4.50. The smallest absolute Gasteiger partial charge is 0.255 e. The SMILES string of the molecule is COc1cc(C(=O)Nc2ccc(Cl)cc2[C@H](O)c2ccccc2)cc(OC)c1OC. The molecule has 2 N–H and O–H groups in total. The van der Waals surface area contributed by atoms with Crippen LogP contribution in [-0.4, -0.2) is 32.3 Å². The normalized spacial score (nSPS) is 11.5. The number of anilines is 1. The second kappa shape index (κ2) is 9.52. The fraction of sp³-hybridized carbons (Fsp3) is 0.174. The first-order valence-electron chi connectivity index (χ1n) is 9.12. The van der Waals surface area contributed by atoms with Crippen LogP contribution in [0.2, 0.25) is 5.02 Å². The van der Waals surface area contributed by atoms with Crippen molar-refractivity contribution >= 4 is 23.2 Å². The molecule has 3 aromatic rings. The van der Waals surface area contributed by atoms with Gasteiger partial charge in [-0.1, -0.05) is 41.9 Å². The molecule has 0 heterocycles. The monoisotopic (exact) mass is 427 g/mol. The Morgan fingerprint density at radius 3 is 2.13 bits per heavy atom. The van der Waals surface area contributed by atoms with Gasteiger partial charge in [-0.15, -0.1) is 0 Å². The Morgan fingerprint density at radius 2 is 1.57 bits per heavy atom. The molecule has 1 atom stereocenters. The van der Waals surface area contributed by atoms with E-state index in [2.05, 4.69) is 5.32 Å². The first kappa shape index (κ1) is 21.5. The molecule has 0 aliphatic heterocycles. The third-order valence-electron chi connectivity index (χ3n) is 4.60. The molecule has 7 heteroatoms. The van der Waals surface area contributed by atoms with E-state index < -0.39 is 12.0 Å². The summed E-state index contributed by atoms with van der Waals surface area (Å²) in [7, 11) is 4.45. The van der Waals surface area contributed by atoms with E-state index in [0.29, 0.717) is 44.6 Å². The average molecular weight is 428 g/mol. The Bertz CT molecular complexity index is 1010. The molecule has 0 aliphatic carbocycles. The van der Waals surface area contributed by atoms with Crippen LogP contribution < -0.4 is 19.5 Å². The standard InChI is InChI=1S/C23H22ClNO5/c1-28-19-11-15(12-20(29-2)22(19)30-3)23(27)25-18-10-9-16(24)13-17(18)21(26)14-7-5-4-6-8-14/h4-13,21,26H,1-3H3,(H,25,27)/t21-/m1/s1. The number of aliphatic hydroxyl groups excluding tert-OH is 1. The molecule has 0 fully saturated rings. The molecule has 1 amide bonds. The molecular formula is C23H22ClNO5. The Kier molecular flexibility index (Phi) is 6.82. The van der Waals surface area contributed by atoms with Crippen LogP contribution >= 0.6 is 11.6 Å². The summed E-state index contributed by atoms with van der Waals surface area (Å²) in [5, 5.41) is 14.1. The van der Waals surface area contributed by atoms with Crippen LogP contribution in [0.1, 0.15) is 27.6 Å². The van der Waals surface area contributed by atoms with Gasteiger partial charge in [-0.25, -0.2) is 0 Å². The molecule has 156 valence electrons. The topological polar surface area (TPSA) is 77.0 Å². The van der Waals surface area contributed by atoms with E-state index in [4.69, 9.17) is 25.8 Å². The average Bonchev–Trinajstić information content (AvgIpc) is 2.79. The zero-order valence-corrected chi connectivity index (χ0v) is 17.6. The Labute approximate surface area is 180 Å². The molecule has 0 saturated carbocycles.